The van der Waals surface area contributed by atoms with Crippen LogP contribution in [-0.2, 0) is 0 Å². The number of hydrogen-bond acceptors (Lipinski definition) is 2. The Hall–Kier alpha value is -1.83. The molecule has 0 spiro atoms. The maximum absolute atomic E-state index is 5.14. The second kappa shape index (κ2) is 4.79. The number of ether oxygens (including phenoxy) is 1. The molecule has 2 rings (SSSR count). The fourth-order valence-corrected chi connectivity index (χ4v) is 1.74. The summed E-state index contributed by atoms with van der Waals surface area (Å²) >= 11 is 0. The van der Waals surface area contributed by atoms with Crippen molar-refractivity contribution in [2.24, 2.45) is 0 Å². The van der Waals surface area contributed by atoms with Crippen LogP contribution in [-0.4, -0.2) is 12.1 Å². The molecule has 1 aromatic heterocycles. The number of methoxy groups -OCH3 is 1. The van der Waals surface area contributed by atoms with Crippen LogP contribution in [0.1, 0.15) is 24.0 Å². The summed E-state index contributed by atoms with van der Waals surface area (Å²) in [7, 11) is 1.68. The molecule has 82 valence electrons. The molecule has 1 heterocycles. The third-order valence-electron chi connectivity index (χ3n) is 2.82. The van der Waals surface area contributed by atoms with E-state index < -0.39 is 0 Å². The fourth-order valence-electron chi connectivity index (χ4n) is 1.74. The van der Waals surface area contributed by atoms with E-state index in [4.69, 9.17) is 4.74 Å². The third-order valence-corrected chi connectivity index (χ3v) is 2.82. The van der Waals surface area contributed by atoms with Crippen LogP contribution in [0.5, 0.6) is 5.75 Å². The average Bonchev–Trinajstić information content (AvgIpc) is 2.39. The largest absolute Gasteiger partial charge is 0.497 e. The van der Waals surface area contributed by atoms with Gasteiger partial charge in [0.1, 0.15) is 5.75 Å². The van der Waals surface area contributed by atoms with Crippen LogP contribution < -0.4 is 4.74 Å². The van der Waals surface area contributed by atoms with Gasteiger partial charge in [-0.2, -0.15) is 0 Å². The lowest BCUT2D eigenvalue weighted by Crippen LogP contribution is -1.96. The molecule has 0 amide bonds. The predicted octanol–water partition coefficient (Wildman–Crippen LogP) is 3.24. The Balaban J connectivity index is 2.24. The van der Waals surface area contributed by atoms with Crippen molar-refractivity contribution in [2.45, 2.75) is 12.8 Å². The number of nitrogens with zero attached hydrogens (tertiary/aromatic N) is 1. The zero-order valence-electron chi connectivity index (χ0n) is 9.55. The van der Waals surface area contributed by atoms with Crippen LogP contribution in [0.4, 0.5) is 0 Å². The molecule has 0 N–H and O–H groups in total. The minimum atomic E-state index is 0.383. The van der Waals surface area contributed by atoms with Gasteiger partial charge in [-0.3, -0.25) is 4.98 Å². The molecule has 0 fully saturated rings. The van der Waals surface area contributed by atoms with Crippen molar-refractivity contribution in [1.29, 1.82) is 0 Å². The zero-order chi connectivity index (χ0) is 11.4. The fraction of sp³-hybridized carbons (Fsp3) is 0.214. The number of pyridine rings is 1. The third kappa shape index (κ3) is 2.22. The summed E-state index contributed by atoms with van der Waals surface area (Å²) < 4.78 is 5.14. The van der Waals surface area contributed by atoms with E-state index >= 15 is 0 Å². The van der Waals surface area contributed by atoms with Gasteiger partial charge < -0.3 is 4.74 Å². The smallest absolute Gasteiger partial charge is 0.118 e. The Kier molecular flexibility index (Phi) is 3.20. The number of benzene rings is 1. The molecule has 0 saturated carbocycles. The number of hydrogen-bond donors (Lipinski definition) is 0. The molecular formula is C14H15NO. The number of rotatable bonds is 3. The molecule has 1 aromatic carbocycles. The van der Waals surface area contributed by atoms with Gasteiger partial charge in [-0.25, -0.2) is 0 Å². The van der Waals surface area contributed by atoms with Crippen LogP contribution >= 0.6 is 0 Å². The second-order valence-electron chi connectivity index (χ2n) is 3.78. The molecule has 2 nitrogen and oxygen atoms in total. The summed E-state index contributed by atoms with van der Waals surface area (Å²) in [5.41, 5.74) is 2.56. The molecule has 0 bridgehead atoms. The molecule has 0 aliphatic carbocycles. The number of aromatic nitrogens is 1. The molecular weight excluding hydrogens is 198 g/mol. The quantitative estimate of drug-likeness (QED) is 0.780. The van der Waals surface area contributed by atoms with Gasteiger partial charge in [0.15, 0.2) is 0 Å². The van der Waals surface area contributed by atoms with Crippen molar-refractivity contribution in [3.05, 3.63) is 59.9 Å². The van der Waals surface area contributed by atoms with Crippen LogP contribution in [0.15, 0.2) is 48.8 Å². The van der Waals surface area contributed by atoms with Crippen molar-refractivity contribution >= 4 is 0 Å². The maximum atomic E-state index is 5.14. The van der Waals surface area contributed by atoms with Crippen LogP contribution in [0, 0.1) is 0 Å². The maximum Gasteiger partial charge on any atom is 0.118 e. The average molecular weight is 213 g/mol. The molecule has 1 atom stereocenters. The van der Waals surface area contributed by atoms with Gasteiger partial charge in [-0.05, 0) is 35.4 Å². The highest BCUT2D eigenvalue weighted by atomic mass is 16.5. The second-order valence-corrected chi connectivity index (χ2v) is 3.78. The Bertz CT molecular complexity index is 436. The highest BCUT2D eigenvalue weighted by Crippen LogP contribution is 2.24. The lowest BCUT2D eigenvalue weighted by molar-refractivity contribution is 0.414. The summed E-state index contributed by atoms with van der Waals surface area (Å²) in [5.74, 6) is 1.28. The van der Waals surface area contributed by atoms with E-state index in [2.05, 4.69) is 36.2 Å². The van der Waals surface area contributed by atoms with E-state index in [0.29, 0.717) is 5.92 Å². The molecule has 0 aliphatic heterocycles. The van der Waals surface area contributed by atoms with Gasteiger partial charge in [-0.15, -0.1) is 0 Å². The molecule has 0 radical (unpaired) electrons. The van der Waals surface area contributed by atoms with E-state index in [-0.39, 0.29) is 0 Å². The molecule has 2 heteroatoms. The first-order valence-electron chi connectivity index (χ1n) is 5.35. The van der Waals surface area contributed by atoms with E-state index in [9.17, 15) is 0 Å². The first-order valence-corrected chi connectivity index (χ1v) is 5.35. The molecule has 16 heavy (non-hydrogen) atoms. The van der Waals surface area contributed by atoms with E-state index in [0.717, 1.165) is 5.75 Å². The van der Waals surface area contributed by atoms with Gasteiger partial charge in [-0.1, -0.05) is 19.1 Å². The molecule has 2 aromatic rings. The van der Waals surface area contributed by atoms with Gasteiger partial charge in [0.2, 0.25) is 0 Å². The predicted molar refractivity (Wildman–Crippen MR) is 64.7 cm³/mol. The topological polar surface area (TPSA) is 22.1 Å². The Morgan fingerprint density at radius 3 is 2.06 bits per heavy atom. The summed E-state index contributed by atoms with van der Waals surface area (Å²) in [6.45, 7) is 2.19. The highest BCUT2D eigenvalue weighted by molar-refractivity contribution is 5.34. The van der Waals surface area contributed by atoms with Crippen molar-refractivity contribution in [3.63, 3.8) is 0 Å². The minimum absolute atomic E-state index is 0.383. The first kappa shape index (κ1) is 10.7. The lowest BCUT2D eigenvalue weighted by atomic mass is 9.94. The van der Waals surface area contributed by atoms with Crippen molar-refractivity contribution < 1.29 is 4.74 Å². The molecule has 0 aliphatic rings. The normalized spacial score (nSPS) is 12.1. The van der Waals surface area contributed by atoms with Crippen molar-refractivity contribution in [2.75, 3.05) is 7.11 Å². The zero-order valence-corrected chi connectivity index (χ0v) is 9.55. The van der Waals surface area contributed by atoms with Crippen LogP contribution in [0.3, 0.4) is 0 Å². The highest BCUT2D eigenvalue weighted by Gasteiger charge is 2.07. The summed E-state index contributed by atoms with van der Waals surface area (Å²) in [5, 5.41) is 0. The SMILES string of the molecule is COc1ccc(C(C)c2ccncc2)cc1. The Morgan fingerprint density at radius 1 is 0.938 bits per heavy atom. The van der Waals surface area contributed by atoms with Crippen LogP contribution in [0.2, 0.25) is 0 Å². The van der Waals surface area contributed by atoms with E-state index in [1.165, 1.54) is 11.1 Å². The first-order chi connectivity index (χ1) is 7.81. The van der Waals surface area contributed by atoms with E-state index in [1.807, 2.05) is 24.5 Å². The summed E-state index contributed by atoms with van der Waals surface area (Å²) in [6, 6.07) is 12.3. The van der Waals surface area contributed by atoms with Gasteiger partial charge in [0.05, 0.1) is 7.11 Å². The minimum Gasteiger partial charge on any atom is -0.497 e. The van der Waals surface area contributed by atoms with Crippen molar-refractivity contribution in [1.82, 2.24) is 4.98 Å². The summed E-state index contributed by atoms with van der Waals surface area (Å²) in [6.07, 6.45) is 3.66. The standard InChI is InChI=1S/C14H15NO/c1-11(13-7-9-15-10-8-13)12-3-5-14(16-2)6-4-12/h3-11H,1-2H3. The van der Waals surface area contributed by atoms with Gasteiger partial charge in [0, 0.05) is 18.3 Å². The van der Waals surface area contributed by atoms with Gasteiger partial charge in [0.25, 0.3) is 0 Å². The Morgan fingerprint density at radius 2 is 1.50 bits per heavy atom. The molecule has 1 unspecified atom stereocenters. The van der Waals surface area contributed by atoms with Crippen molar-refractivity contribution in [3.8, 4) is 5.75 Å². The van der Waals surface area contributed by atoms with E-state index in [1.54, 1.807) is 7.11 Å². The lowest BCUT2D eigenvalue weighted by Gasteiger charge is -2.12. The van der Waals surface area contributed by atoms with Crippen LogP contribution in [0.25, 0.3) is 0 Å². The molecule has 0 saturated heterocycles. The summed E-state index contributed by atoms with van der Waals surface area (Å²) in [4.78, 5) is 4.03. The Labute approximate surface area is 95.9 Å². The monoisotopic (exact) mass is 213 g/mol. The van der Waals surface area contributed by atoms with Gasteiger partial charge >= 0.3 is 0 Å².